The van der Waals surface area contributed by atoms with E-state index in [9.17, 15) is 9.18 Å². The van der Waals surface area contributed by atoms with Gasteiger partial charge in [-0.25, -0.2) is 4.39 Å². The minimum Gasteiger partial charge on any atom is -0.351 e. The van der Waals surface area contributed by atoms with E-state index >= 15 is 0 Å². The fourth-order valence-corrected chi connectivity index (χ4v) is 2.48. The SMILES string of the molecule is CC(C)CC(Cl)CNC(=O)c1cc(F)cc(Br)c1. The van der Waals surface area contributed by atoms with E-state index in [-0.39, 0.29) is 16.8 Å². The number of carbonyl (C=O) groups excluding carboxylic acids is 1. The second kappa shape index (κ2) is 7.10. The van der Waals surface area contributed by atoms with Crippen LogP contribution in [0.5, 0.6) is 0 Å². The summed E-state index contributed by atoms with van der Waals surface area (Å²) in [6.07, 6.45) is 0.828. The Morgan fingerprint density at radius 3 is 2.67 bits per heavy atom. The maximum absolute atomic E-state index is 13.1. The summed E-state index contributed by atoms with van der Waals surface area (Å²) in [5.74, 6) is -0.281. The summed E-state index contributed by atoms with van der Waals surface area (Å²) < 4.78 is 13.7. The zero-order valence-electron chi connectivity index (χ0n) is 10.3. The fourth-order valence-electron chi connectivity index (χ4n) is 1.59. The summed E-state index contributed by atoms with van der Waals surface area (Å²) in [6.45, 7) is 4.52. The van der Waals surface area contributed by atoms with Gasteiger partial charge in [0.1, 0.15) is 5.82 Å². The summed E-state index contributed by atoms with van der Waals surface area (Å²) in [7, 11) is 0. The molecule has 1 unspecified atom stereocenters. The van der Waals surface area contributed by atoms with Crippen molar-refractivity contribution < 1.29 is 9.18 Å². The van der Waals surface area contributed by atoms with Gasteiger partial charge in [-0.1, -0.05) is 29.8 Å². The monoisotopic (exact) mass is 335 g/mol. The smallest absolute Gasteiger partial charge is 0.251 e. The van der Waals surface area contributed by atoms with Crippen molar-refractivity contribution >= 4 is 33.4 Å². The lowest BCUT2D eigenvalue weighted by molar-refractivity contribution is 0.0952. The lowest BCUT2D eigenvalue weighted by atomic mass is 10.1. The number of carbonyl (C=O) groups is 1. The summed E-state index contributed by atoms with van der Waals surface area (Å²) in [5.41, 5.74) is 0.287. The third kappa shape index (κ3) is 5.36. The van der Waals surface area contributed by atoms with Gasteiger partial charge in [0.05, 0.1) is 5.38 Å². The van der Waals surface area contributed by atoms with Crippen LogP contribution in [0, 0.1) is 11.7 Å². The Morgan fingerprint density at radius 2 is 2.11 bits per heavy atom. The molecule has 0 radical (unpaired) electrons. The molecule has 1 aromatic carbocycles. The van der Waals surface area contributed by atoms with Gasteiger partial charge in [-0.05, 0) is 30.5 Å². The van der Waals surface area contributed by atoms with Crippen molar-refractivity contribution in [2.24, 2.45) is 5.92 Å². The van der Waals surface area contributed by atoms with Crippen molar-refractivity contribution in [1.29, 1.82) is 0 Å². The van der Waals surface area contributed by atoms with Gasteiger partial charge in [-0.2, -0.15) is 0 Å². The van der Waals surface area contributed by atoms with Crippen molar-refractivity contribution in [3.63, 3.8) is 0 Å². The molecule has 0 bridgehead atoms. The Bertz CT molecular complexity index is 405. The molecule has 0 aliphatic carbocycles. The highest BCUT2D eigenvalue weighted by molar-refractivity contribution is 9.10. The zero-order chi connectivity index (χ0) is 13.7. The number of amides is 1. The van der Waals surface area contributed by atoms with Crippen molar-refractivity contribution in [3.8, 4) is 0 Å². The molecule has 0 saturated heterocycles. The third-order valence-electron chi connectivity index (χ3n) is 2.34. The van der Waals surface area contributed by atoms with Crippen molar-refractivity contribution in [3.05, 3.63) is 34.1 Å². The van der Waals surface area contributed by atoms with Crippen LogP contribution in [-0.4, -0.2) is 17.8 Å². The average Bonchev–Trinajstić information content (AvgIpc) is 2.23. The van der Waals surface area contributed by atoms with Gasteiger partial charge in [-0.15, -0.1) is 11.6 Å². The van der Waals surface area contributed by atoms with Crippen LogP contribution < -0.4 is 5.32 Å². The van der Waals surface area contributed by atoms with Crippen LogP contribution in [0.2, 0.25) is 0 Å². The zero-order valence-corrected chi connectivity index (χ0v) is 12.7. The normalized spacial score (nSPS) is 12.6. The molecule has 0 aromatic heterocycles. The van der Waals surface area contributed by atoms with Gasteiger partial charge < -0.3 is 5.32 Å². The van der Waals surface area contributed by atoms with Crippen LogP contribution in [-0.2, 0) is 0 Å². The second-order valence-corrected chi connectivity index (χ2v) is 6.13. The first-order chi connectivity index (χ1) is 8.38. The van der Waals surface area contributed by atoms with Crippen LogP contribution in [0.25, 0.3) is 0 Å². The molecule has 18 heavy (non-hydrogen) atoms. The number of benzene rings is 1. The van der Waals surface area contributed by atoms with Gasteiger partial charge in [0.25, 0.3) is 5.91 Å². The molecule has 1 aromatic rings. The average molecular weight is 337 g/mol. The van der Waals surface area contributed by atoms with Crippen LogP contribution in [0.15, 0.2) is 22.7 Å². The molecule has 100 valence electrons. The Hall–Kier alpha value is -0.610. The van der Waals surface area contributed by atoms with Crippen molar-refractivity contribution in [2.75, 3.05) is 6.54 Å². The quantitative estimate of drug-likeness (QED) is 0.810. The van der Waals surface area contributed by atoms with Crippen molar-refractivity contribution in [1.82, 2.24) is 5.32 Å². The Labute approximate surface area is 120 Å². The predicted molar refractivity (Wildman–Crippen MR) is 75.5 cm³/mol. The highest BCUT2D eigenvalue weighted by Crippen LogP contribution is 2.15. The molecular formula is C13H16BrClFNO. The van der Waals surface area contributed by atoms with Crippen LogP contribution in [0.1, 0.15) is 30.6 Å². The molecular weight excluding hydrogens is 321 g/mol. The molecule has 1 atom stereocenters. The van der Waals surface area contributed by atoms with Crippen molar-refractivity contribution in [2.45, 2.75) is 25.6 Å². The first-order valence-corrected chi connectivity index (χ1v) is 6.99. The second-order valence-electron chi connectivity index (χ2n) is 4.59. The Balaban J connectivity index is 2.55. The van der Waals surface area contributed by atoms with Gasteiger partial charge >= 0.3 is 0 Å². The van der Waals surface area contributed by atoms with E-state index in [1.165, 1.54) is 12.1 Å². The minimum atomic E-state index is -0.445. The van der Waals surface area contributed by atoms with E-state index in [1.807, 2.05) is 0 Å². The summed E-state index contributed by atoms with van der Waals surface area (Å²) in [4.78, 5) is 11.8. The minimum absolute atomic E-state index is 0.106. The van der Waals surface area contributed by atoms with Gasteiger partial charge in [0.15, 0.2) is 0 Å². The van der Waals surface area contributed by atoms with Gasteiger partial charge in [0.2, 0.25) is 0 Å². The van der Waals surface area contributed by atoms with E-state index in [1.54, 1.807) is 6.07 Å². The summed E-state index contributed by atoms with van der Waals surface area (Å²) >= 11 is 9.22. The standard InChI is InChI=1S/C13H16BrClFNO/c1-8(2)3-11(15)7-17-13(18)9-4-10(14)6-12(16)5-9/h4-6,8,11H,3,7H2,1-2H3,(H,17,18). The molecule has 1 rings (SSSR count). The molecule has 1 amide bonds. The molecule has 2 nitrogen and oxygen atoms in total. The maximum atomic E-state index is 13.1. The Morgan fingerprint density at radius 1 is 1.44 bits per heavy atom. The highest BCUT2D eigenvalue weighted by atomic mass is 79.9. The molecule has 0 fully saturated rings. The number of hydrogen-bond acceptors (Lipinski definition) is 1. The largest absolute Gasteiger partial charge is 0.351 e. The van der Waals surface area contributed by atoms with E-state index in [0.717, 1.165) is 6.42 Å². The molecule has 5 heteroatoms. The fraction of sp³-hybridized carbons (Fsp3) is 0.462. The molecule has 0 aliphatic rings. The number of alkyl halides is 1. The maximum Gasteiger partial charge on any atom is 0.251 e. The molecule has 1 N–H and O–H groups in total. The number of rotatable bonds is 5. The topological polar surface area (TPSA) is 29.1 Å². The van der Waals surface area contributed by atoms with Gasteiger partial charge in [-0.3, -0.25) is 4.79 Å². The summed E-state index contributed by atoms with van der Waals surface area (Å²) in [5, 5.41) is 2.59. The number of hydrogen-bond donors (Lipinski definition) is 1. The lowest BCUT2D eigenvalue weighted by Crippen LogP contribution is -2.30. The van der Waals surface area contributed by atoms with E-state index in [2.05, 4.69) is 35.1 Å². The predicted octanol–water partition coefficient (Wildman–Crippen LogP) is 3.97. The first-order valence-electron chi connectivity index (χ1n) is 5.77. The molecule has 0 aliphatic heterocycles. The number of nitrogens with one attached hydrogen (secondary N) is 1. The lowest BCUT2D eigenvalue weighted by Gasteiger charge is -2.13. The first kappa shape index (κ1) is 15.4. The molecule has 0 saturated carbocycles. The summed E-state index contributed by atoms with van der Waals surface area (Å²) in [6, 6.07) is 4.08. The molecule has 0 heterocycles. The Kier molecular flexibility index (Phi) is 6.09. The van der Waals surface area contributed by atoms with E-state index in [4.69, 9.17) is 11.6 Å². The molecule has 0 spiro atoms. The van der Waals surface area contributed by atoms with Gasteiger partial charge in [0, 0.05) is 16.6 Å². The van der Waals surface area contributed by atoms with E-state index in [0.29, 0.717) is 16.9 Å². The van der Waals surface area contributed by atoms with E-state index < -0.39 is 5.82 Å². The third-order valence-corrected chi connectivity index (χ3v) is 3.13. The van der Waals surface area contributed by atoms with Crippen LogP contribution >= 0.6 is 27.5 Å². The number of halogens is 3. The van der Waals surface area contributed by atoms with Crippen LogP contribution in [0.3, 0.4) is 0 Å². The van der Waals surface area contributed by atoms with Crippen LogP contribution in [0.4, 0.5) is 4.39 Å². The highest BCUT2D eigenvalue weighted by Gasteiger charge is 2.12.